The number of likely N-dealkylation sites (N-methyl/N-ethyl adjacent to an activating group) is 1. The minimum atomic E-state index is -1.91. The number of ether oxygens (including phenoxy) is 2. The van der Waals surface area contributed by atoms with Crippen molar-refractivity contribution >= 4 is 28.7 Å². The summed E-state index contributed by atoms with van der Waals surface area (Å²) in [6.45, 7) is 1.61. The van der Waals surface area contributed by atoms with E-state index in [2.05, 4.69) is 4.98 Å². The third-order valence-electron chi connectivity index (χ3n) is 8.15. The van der Waals surface area contributed by atoms with E-state index in [1.807, 2.05) is 24.3 Å². The first-order chi connectivity index (χ1) is 19.5. The quantitative estimate of drug-likeness (QED) is 0.245. The van der Waals surface area contributed by atoms with Crippen LogP contribution in [-0.2, 0) is 25.5 Å². The number of rotatable bonds is 4. The Morgan fingerprint density at radius 3 is 2.56 bits per heavy atom. The highest BCUT2D eigenvalue weighted by Crippen LogP contribution is 2.45. The Bertz CT molecular complexity index is 1570. The zero-order chi connectivity index (χ0) is 29.3. The number of nitrogens with zero attached hydrogens (tertiary/aromatic N) is 2. The average molecular weight is 568 g/mol. The van der Waals surface area contributed by atoms with E-state index < -0.39 is 48.8 Å². The maximum Gasteiger partial charge on any atom is 0.335 e. The number of para-hydroxylation sites is 1. The Labute approximate surface area is 233 Å². The highest BCUT2D eigenvalue weighted by molar-refractivity contribution is 5.97. The van der Waals surface area contributed by atoms with Crippen LogP contribution in [0.3, 0.4) is 0 Å². The van der Waals surface area contributed by atoms with Crippen molar-refractivity contribution in [2.45, 2.75) is 56.1 Å². The fourth-order valence-electron chi connectivity index (χ4n) is 6.08. The van der Waals surface area contributed by atoms with Crippen molar-refractivity contribution in [3.05, 3.63) is 58.8 Å². The summed E-state index contributed by atoms with van der Waals surface area (Å²) in [5.74, 6) is -2.66. The van der Waals surface area contributed by atoms with Crippen LogP contribution in [0.25, 0.3) is 10.9 Å². The first-order valence-electron chi connectivity index (χ1n) is 13.1. The number of aliphatic hydroxyl groups excluding tert-OH is 3. The van der Waals surface area contributed by atoms with Crippen molar-refractivity contribution in [2.75, 3.05) is 13.6 Å². The number of piperazine rings is 1. The molecule has 1 aromatic heterocycles. The molecule has 0 bridgehead atoms. The number of phenolic OH excluding ortho intramolecular Hbond substituents is 1. The van der Waals surface area contributed by atoms with Gasteiger partial charge >= 0.3 is 5.97 Å². The van der Waals surface area contributed by atoms with Crippen molar-refractivity contribution in [2.24, 2.45) is 0 Å². The van der Waals surface area contributed by atoms with Crippen LogP contribution < -0.4 is 4.74 Å². The molecule has 216 valence electrons. The molecule has 4 heterocycles. The molecule has 6 rings (SSSR count). The second-order valence-corrected chi connectivity index (χ2v) is 10.7. The number of carbonyl (C=O) groups excluding carboxylic acids is 2. The fourth-order valence-corrected chi connectivity index (χ4v) is 6.08. The van der Waals surface area contributed by atoms with Gasteiger partial charge in [0.25, 0.3) is 0 Å². The summed E-state index contributed by atoms with van der Waals surface area (Å²) in [5.41, 5.74) is 3.47. The predicted molar refractivity (Wildman–Crippen MR) is 140 cm³/mol. The first kappa shape index (κ1) is 27.0. The number of hydrogen-bond acceptors (Lipinski definition) is 9. The van der Waals surface area contributed by atoms with Gasteiger partial charge in [0, 0.05) is 30.1 Å². The molecule has 3 aliphatic heterocycles. The number of carboxylic acid groups (broad SMARTS) is 1. The number of H-pyrrole nitrogens is 1. The Morgan fingerprint density at radius 2 is 1.83 bits per heavy atom. The van der Waals surface area contributed by atoms with Gasteiger partial charge in [0.1, 0.15) is 24.4 Å². The molecule has 2 fully saturated rings. The van der Waals surface area contributed by atoms with Crippen molar-refractivity contribution in [3.63, 3.8) is 0 Å². The van der Waals surface area contributed by atoms with E-state index in [1.54, 1.807) is 14.0 Å². The summed E-state index contributed by atoms with van der Waals surface area (Å²) in [6.07, 6.45) is -9.00. The second-order valence-electron chi connectivity index (χ2n) is 10.7. The van der Waals surface area contributed by atoms with Gasteiger partial charge in [-0.1, -0.05) is 18.2 Å². The van der Waals surface area contributed by atoms with Crippen LogP contribution in [0.1, 0.15) is 28.4 Å². The van der Waals surface area contributed by atoms with Gasteiger partial charge in [-0.2, -0.15) is 0 Å². The number of aliphatic hydroxyl groups is 3. The number of hydrogen-bond donors (Lipinski definition) is 6. The van der Waals surface area contributed by atoms with Gasteiger partial charge in [0.15, 0.2) is 17.6 Å². The molecular formula is C28H29N3O10. The summed E-state index contributed by atoms with van der Waals surface area (Å²) < 4.78 is 10.9. The summed E-state index contributed by atoms with van der Waals surface area (Å²) in [7, 11) is 1.58. The minimum Gasteiger partial charge on any atom is -0.504 e. The molecule has 13 heteroatoms. The molecule has 0 spiro atoms. The van der Waals surface area contributed by atoms with Gasteiger partial charge in [0.05, 0.1) is 12.6 Å². The number of amides is 2. The minimum absolute atomic E-state index is 0.110. The number of benzene rings is 2. The molecular weight excluding hydrogens is 538 g/mol. The lowest BCUT2D eigenvalue weighted by atomic mass is 9.85. The van der Waals surface area contributed by atoms with Crippen LogP contribution in [-0.4, -0.2) is 108 Å². The van der Waals surface area contributed by atoms with Crippen molar-refractivity contribution in [1.82, 2.24) is 14.8 Å². The molecule has 0 saturated carbocycles. The number of carbonyl (C=O) groups is 3. The molecule has 2 amide bonds. The Kier molecular flexibility index (Phi) is 6.41. The maximum atomic E-state index is 13.5. The molecule has 0 unspecified atom stereocenters. The number of nitrogens with one attached hydrogen (secondary N) is 1. The van der Waals surface area contributed by atoms with Gasteiger partial charge in [-0.05, 0) is 41.8 Å². The van der Waals surface area contributed by atoms with Crippen LogP contribution in [0.15, 0.2) is 36.4 Å². The number of carboxylic acids is 1. The molecule has 0 radical (unpaired) electrons. The van der Waals surface area contributed by atoms with E-state index in [4.69, 9.17) is 9.47 Å². The van der Waals surface area contributed by atoms with E-state index in [-0.39, 0.29) is 29.9 Å². The summed E-state index contributed by atoms with van der Waals surface area (Å²) in [6, 6.07) is 8.88. The molecule has 7 atom stereocenters. The van der Waals surface area contributed by atoms with Crippen LogP contribution in [0.4, 0.5) is 0 Å². The number of phenols is 1. The number of fused-ring (bicyclic) bond motifs is 4. The Balaban J connectivity index is 1.46. The topological polar surface area (TPSA) is 193 Å². The van der Waals surface area contributed by atoms with E-state index in [0.29, 0.717) is 23.2 Å². The Morgan fingerprint density at radius 1 is 1.10 bits per heavy atom. The first-order valence-corrected chi connectivity index (χ1v) is 13.1. The van der Waals surface area contributed by atoms with Crippen LogP contribution in [0, 0.1) is 6.92 Å². The third kappa shape index (κ3) is 4.20. The standard InChI is InChI=1S/C28H29N3O10/c1-11-7-17(32)18(40-28-24(36)22(34)23(35)25(41-28)27(38)39)9-13(11)21-20-14(12-5-3-4-6-15(12)29-20)8-16-26(37)30(2)10-19(33)31(16)21/h3-7,9,16,21-25,28-29,32,34-36H,8,10H2,1-2H3,(H,38,39)/t16-,21-,22+,23+,24-,25+,28-/m1/s1. The van der Waals surface area contributed by atoms with E-state index in [0.717, 1.165) is 16.5 Å². The number of aryl methyl sites for hydroxylation is 1. The summed E-state index contributed by atoms with van der Waals surface area (Å²) in [4.78, 5) is 44.7. The van der Waals surface area contributed by atoms with Gasteiger partial charge in [-0.25, -0.2) is 4.79 Å². The molecule has 6 N–H and O–H groups in total. The molecule has 0 aliphatic carbocycles. The smallest absolute Gasteiger partial charge is 0.335 e. The molecule has 2 saturated heterocycles. The number of aromatic hydroxyl groups is 1. The lowest BCUT2D eigenvalue weighted by Gasteiger charge is -2.46. The second kappa shape index (κ2) is 9.73. The summed E-state index contributed by atoms with van der Waals surface area (Å²) >= 11 is 0. The zero-order valence-electron chi connectivity index (χ0n) is 22.1. The monoisotopic (exact) mass is 567 g/mol. The fraction of sp³-hybridized carbons (Fsp3) is 0.393. The highest BCUT2D eigenvalue weighted by atomic mass is 16.7. The van der Waals surface area contributed by atoms with E-state index >= 15 is 0 Å². The van der Waals surface area contributed by atoms with Crippen LogP contribution in [0.2, 0.25) is 0 Å². The van der Waals surface area contributed by atoms with Gasteiger partial charge in [-0.15, -0.1) is 0 Å². The van der Waals surface area contributed by atoms with Gasteiger partial charge in [0.2, 0.25) is 18.1 Å². The van der Waals surface area contributed by atoms with E-state index in [1.165, 1.54) is 21.9 Å². The lowest BCUT2D eigenvalue weighted by Crippen LogP contribution is -2.62. The van der Waals surface area contributed by atoms with Gasteiger partial charge < -0.3 is 49.8 Å². The number of aromatic amines is 1. The molecule has 13 nitrogen and oxygen atoms in total. The predicted octanol–water partition coefficient (Wildman–Crippen LogP) is -0.232. The maximum absolute atomic E-state index is 13.5. The van der Waals surface area contributed by atoms with Crippen LogP contribution in [0.5, 0.6) is 11.5 Å². The number of aliphatic carboxylic acids is 1. The largest absolute Gasteiger partial charge is 0.504 e. The molecule has 41 heavy (non-hydrogen) atoms. The molecule has 3 aromatic rings. The van der Waals surface area contributed by atoms with Gasteiger partial charge in [-0.3, -0.25) is 9.59 Å². The Hall–Kier alpha value is -4.17. The van der Waals surface area contributed by atoms with Crippen molar-refractivity contribution in [1.29, 1.82) is 0 Å². The van der Waals surface area contributed by atoms with Crippen molar-refractivity contribution < 1.29 is 49.4 Å². The SMILES string of the molecule is Cc1cc(O)c(O[C@@H]2O[C@H](C(=O)O)[C@@H](O)[C@H](O)[C@H]2O)cc1[C@@H]1c2[nH]c3ccccc3c2C[C@@H]2C(=O)N(C)CC(=O)N12. The summed E-state index contributed by atoms with van der Waals surface area (Å²) in [5, 5.41) is 51.7. The highest BCUT2D eigenvalue weighted by Gasteiger charge is 2.50. The molecule has 2 aromatic carbocycles. The molecule has 3 aliphatic rings. The zero-order valence-corrected chi connectivity index (χ0v) is 22.1. The third-order valence-corrected chi connectivity index (χ3v) is 8.15. The average Bonchev–Trinajstić information content (AvgIpc) is 3.30. The van der Waals surface area contributed by atoms with E-state index in [9.17, 15) is 39.9 Å². The van der Waals surface area contributed by atoms with Crippen LogP contribution >= 0.6 is 0 Å². The number of aromatic nitrogens is 1. The lowest BCUT2D eigenvalue weighted by molar-refractivity contribution is -0.271. The normalized spacial score (nSPS) is 29.8. The van der Waals surface area contributed by atoms with Crippen molar-refractivity contribution in [3.8, 4) is 11.5 Å².